The molecule has 1 amide bonds. The van der Waals surface area contributed by atoms with Gasteiger partial charge in [0, 0.05) is 43.7 Å². The first kappa shape index (κ1) is 20.5. The highest BCUT2D eigenvalue weighted by Crippen LogP contribution is 2.31. The van der Waals surface area contributed by atoms with E-state index in [0.29, 0.717) is 24.5 Å². The van der Waals surface area contributed by atoms with Crippen molar-refractivity contribution in [2.75, 3.05) is 18.9 Å². The van der Waals surface area contributed by atoms with Crippen molar-refractivity contribution in [3.63, 3.8) is 0 Å². The molecule has 1 aliphatic heterocycles. The van der Waals surface area contributed by atoms with Gasteiger partial charge in [-0.25, -0.2) is 0 Å². The molecule has 0 radical (unpaired) electrons. The number of nitrogens with one attached hydrogen (secondary N) is 3. The van der Waals surface area contributed by atoms with E-state index >= 15 is 0 Å². The lowest BCUT2D eigenvalue weighted by Gasteiger charge is -2.26. The number of carbonyl (C=O) groups is 1. The van der Waals surface area contributed by atoms with Crippen LogP contribution >= 0.6 is 0 Å². The molecule has 2 aromatic carbocycles. The Labute approximate surface area is 166 Å². The molecule has 0 bridgehead atoms. The monoisotopic (exact) mass is 406 g/mol. The van der Waals surface area contributed by atoms with Gasteiger partial charge in [0.05, 0.1) is 0 Å². The maximum atomic E-state index is 12.6. The van der Waals surface area contributed by atoms with Crippen LogP contribution in [0.3, 0.4) is 0 Å². The number of para-hydroxylation sites is 2. The Balaban J connectivity index is 1.61. The SMILES string of the molecule is CN=C(NCc1ccccc1OC(F)(F)F)NCC1CC(=O)Nc2ccccc21. The number of nitrogens with zero attached hydrogens (tertiary/aromatic N) is 1. The summed E-state index contributed by atoms with van der Waals surface area (Å²) in [5.41, 5.74) is 2.16. The summed E-state index contributed by atoms with van der Waals surface area (Å²) >= 11 is 0. The van der Waals surface area contributed by atoms with Gasteiger partial charge in [-0.3, -0.25) is 9.79 Å². The quantitative estimate of drug-likeness (QED) is 0.526. The number of rotatable bonds is 5. The van der Waals surface area contributed by atoms with Crippen molar-refractivity contribution in [2.24, 2.45) is 4.99 Å². The zero-order valence-electron chi connectivity index (χ0n) is 15.7. The molecule has 154 valence electrons. The highest BCUT2D eigenvalue weighted by atomic mass is 19.4. The van der Waals surface area contributed by atoms with E-state index in [2.05, 4.69) is 25.7 Å². The van der Waals surface area contributed by atoms with Crippen molar-refractivity contribution in [1.29, 1.82) is 0 Å². The number of fused-ring (bicyclic) bond motifs is 1. The molecule has 1 aliphatic rings. The summed E-state index contributed by atoms with van der Waals surface area (Å²) in [5, 5.41) is 8.96. The largest absolute Gasteiger partial charge is 0.573 e. The van der Waals surface area contributed by atoms with Crippen LogP contribution in [0.5, 0.6) is 5.75 Å². The first-order valence-corrected chi connectivity index (χ1v) is 9.02. The highest BCUT2D eigenvalue weighted by Gasteiger charge is 2.32. The molecule has 0 saturated carbocycles. The first-order valence-electron chi connectivity index (χ1n) is 9.02. The molecule has 1 atom stereocenters. The Morgan fingerprint density at radius 1 is 1.17 bits per heavy atom. The van der Waals surface area contributed by atoms with Gasteiger partial charge in [-0.15, -0.1) is 13.2 Å². The zero-order chi connectivity index (χ0) is 20.9. The highest BCUT2D eigenvalue weighted by molar-refractivity contribution is 5.94. The second-order valence-corrected chi connectivity index (χ2v) is 6.50. The number of halogens is 3. The van der Waals surface area contributed by atoms with Crippen molar-refractivity contribution >= 4 is 17.6 Å². The van der Waals surface area contributed by atoms with Crippen LogP contribution in [0.15, 0.2) is 53.5 Å². The fourth-order valence-corrected chi connectivity index (χ4v) is 3.18. The number of alkyl halides is 3. The van der Waals surface area contributed by atoms with Crippen LogP contribution in [-0.4, -0.2) is 31.8 Å². The Hall–Kier alpha value is -3.23. The van der Waals surface area contributed by atoms with E-state index in [1.165, 1.54) is 12.1 Å². The molecule has 0 aromatic heterocycles. The molecule has 3 N–H and O–H groups in total. The predicted octanol–water partition coefficient (Wildman–Crippen LogP) is 3.38. The van der Waals surface area contributed by atoms with Gasteiger partial charge in [-0.05, 0) is 17.7 Å². The molecule has 3 rings (SSSR count). The van der Waals surface area contributed by atoms with Crippen LogP contribution in [0.4, 0.5) is 18.9 Å². The van der Waals surface area contributed by atoms with Gasteiger partial charge in [-0.2, -0.15) is 0 Å². The number of aliphatic imine (C=N–C) groups is 1. The van der Waals surface area contributed by atoms with Gasteiger partial charge in [0.1, 0.15) is 5.75 Å². The summed E-state index contributed by atoms with van der Waals surface area (Å²) < 4.78 is 41.7. The molecule has 0 fully saturated rings. The van der Waals surface area contributed by atoms with Crippen molar-refractivity contribution in [3.05, 3.63) is 59.7 Å². The van der Waals surface area contributed by atoms with E-state index in [4.69, 9.17) is 0 Å². The maximum absolute atomic E-state index is 12.6. The van der Waals surface area contributed by atoms with E-state index in [9.17, 15) is 18.0 Å². The van der Waals surface area contributed by atoms with Crippen molar-refractivity contribution < 1.29 is 22.7 Å². The summed E-state index contributed by atoms with van der Waals surface area (Å²) in [6.45, 7) is 0.540. The number of ether oxygens (including phenoxy) is 1. The molecular formula is C20H21F3N4O2. The first-order chi connectivity index (χ1) is 13.9. The third-order valence-electron chi connectivity index (χ3n) is 4.49. The number of carbonyl (C=O) groups excluding carboxylic acids is 1. The van der Waals surface area contributed by atoms with E-state index in [0.717, 1.165) is 11.3 Å². The lowest BCUT2D eigenvalue weighted by Crippen LogP contribution is -2.40. The van der Waals surface area contributed by atoms with Crippen LogP contribution in [-0.2, 0) is 11.3 Å². The van der Waals surface area contributed by atoms with Gasteiger partial charge in [-0.1, -0.05) is 36.4 Å². The Kier molecular flexibility index (Phi) is 6.26. The van der Waals surface area contributed by atoms with Crippen LogP contribution in [0.25, 0.3) is 0 Å². The fraction of sp³-hybridized carbons (Fsp3) is 0.300. The number of hydrogen-bond donors (Lipinski definition) is 3. The van der Waals surface area contributed by atoms with Gasteiger partial charge in [0.2, 0.25) is 5.91 Å². The van der Waals surface area contributed by atoms with Crippen LogP contribution < -0.4 is 20.7 Å². The van der Waals surface area contributed by atoms with Crippen LogP contribution in [0.2, 0.25) is 0 Å². The minimum absolute atomic E-state index is 0.0423. The Morgan fingerprint density at radius 2 is 1.90 bits per heavy atom. The lowest BCUT2D eigenvalue weighted by molar-refractivity contribution is -0.274. The molecule has 9 heteroatoms. The average Bonchev–Trinajstić information content (AvgIpc) is 2.67. The normalized spacial score (nSPS) is 16.6. The third kappa shape index (κ3) is 5.63. The van der Waals surface area contributed by atoms with Crippen molar-refractivity contribution in [1.82, 2.24) is 10.6 Å². The number of benzene rings is 2. The second kappa shape index (κ2) is 8.85. The third-order valence-corrected chi connectivity index (χ3v) is 4.49. The second-order valence-electron chi connectivity index (χ2n) is 6.50. The molecule has 0 saturated heterocycles. The number of guanidine groups is 1. The molecule has 1 unspecified atom stereocenters. The molecule has 0 aliphatic carbocycles. The Morgan fingerprint density at radius 3 is 2.66 bits per heavy atom. The number of anilines is 1. The molecule has 1 heterocycles. The summed E-state index contributed by atoms with van der Waals surface area (Å²) in [4.78, 5) is 16.0. The number of amides is 1. The summed E-state index contributed by atoms with van der Waals surface area (Å²) in [7, 11) is 1.56. The topological polar surface area (TPSA) is 74.8 Å². The fourth-order valence-electron chi connectivity index (χ4n) is 3.18. The number of hydrogen-bond acceptors (Lipinski definition) is 3. The molecule has 0 spiro atoms. The van der Waals surface area contributed by atoms with Crippen molar-refractivity contribution in [2.45, 2.75) is 25.2 Å². The minimum atomic E-state index is -4.76. The van der Waals surface area contributed by atoms with Gasteiger partial charge >= 0.3 is 6.36 Å². The molecule has 29 heavy (non-hydrogen) atoms. The van der Waals surface area contributed by atoms with Crippen LogP contribution in [0, 0.1) is 0 Å². The molecule has 2 aromatic rings. The van der Waals surface area contributed by atoms with E-state index < -0.39 is 6.36 Å². The smallest absolute Gasteiger partial charge is 0.405 e. The van der Waals surface area contributed by atoms with Gasteiger partial charge < -0.3 is 20.7 Å². The summed E-state index contributed by atoms with van der Waals surface area (Å²) in [6.07, 6.45) is -4.42. The van der Waals surface area contributed by atoms with Gasteiger partial charge in [0.25, 0.3) is 0 Å². The minimum Gasteiger partial charge on any atom is -0.405 e. The maximum Gasteiger partial charge on any atom is 0.573 e. The standard InChI is InChI=1S/C20H21F3N4O2/c1-24-19(25-11-13-6-2-5-9-17(13)29-20(21,22)23)26-12-14-10-18(28)27-16-8-4-3-7-15(14)16/h2-9,14H,10-12H2,1H3,(H,27,28)(H2,24,25,26). The van der Waals surface area contributed by atoms with Crippen LogP contribution in [0.1, 0.15) is 23.5 Å². The van der Waals surface area contributed by atoms with E-state index in [1.54, 1.807) is 19.2 Å². The molecule has 6 nitrogen and oxygen atoms in total. The van der Waals surface area contributed by atoms with Gasteiger partial charge in [0.15, 0.2) is 5.96 Å². The average molecular weight is 406 g/mol. The summed E-state index contributed by atoms with van der Waals surface area (Å²) in [6, 6.07) is 13.5. The lowest BCUT2D eigenvalue weighted by atomic mass is 9.90. The summed E-state index contributed by atoms with van der Waals surface area (Å²) in [5.74, 6) is 0.0483. The van der Waals surface area contributed by atoms with E-state index in [-0.39, 0.29) is 24.1 Å². The van der Waals surface area contributed by atoms with E-state index in [1.807, 2.05) is 24.3 Å². The molecular weight excluding hydrogens is 385 g/mol. The Bertz CT molecular complexity index is 899. The predicted molar refractivity (Wildman–Crippen MR) is 104 cm³/mol. The van der Waals surface area contributed by atoms with Crippen molar-refractivity contribution in [3.8, 4) is 5.75 Å². The zero-order valence-corrected chi connectivity index (χ0v) is 15.7.